The normalized spacial score (nSPS) is 36.2. The topological polar surface area (TPSA) is 104 Å². The predicted octanol–water partition coefficient (Wildman–Crippen LogP) is 3.13. The van der Waals surface area contributed by atoms with Crippen LogP contribution in [0.25, 0.3) is 0 Å². The zero-order valence-corrected chi connectivity index (χ0v) is 22.1. The Kier molecular flexibility index (Phi) is 5.77. The number of phenols is 1. The number of ether oxygens (including phenoxy) is 1. The number of amides is 4. The lowest BCUT2D eigenvalue weighted by Gasteiger charge is -2.50. The van der Waals surface area contributed by atoms with Gasteiger partial charge in [-0.1, -0.05) is 33.6 Å². The Morgan fingerprint density at radius 3 is 2.43 bits per heavy atom. The first-order chi connectivity index (χ1) is 16.6. The summed E-state index contributed by atoms with van der Waals surface area (Å²) in [6, 6.07) is 4.60. The van der Waals surface area contributed by atoms with Gasteiger partial charge in [-0.3, -0.25) is 29.0 Å². The Hall–Kier alpha value is -2.10. The Morgan fingerprint density at radius 1 is 1.11 bits per heavy atom. The van der Waals surface area contributed by atoms with E-state index in [1.54, 1.807) is 19.1 Å². The standard InChI is InChI=1S/C24H23BrCl2N2O6/c1-3-28-19(31)14-7-6-12-15(17(14)20(28)32)9-23(26)21(33)29(10-25)22(34)24(23,27)18(12)13-5-4-11(35-2)8-16(13)30/h4-6,8,14-15,17-18,30H,3,7,9-10H2,1-2H3. The summed E-state index contributed by atoms with van der Waals surface area (Å²) >= 11 is 17.4. The second-order valence-electron chi connectivity index (χ2n) is 9.33. The van der Waals surface area contributed by atoms with Gasteiger partial charge in [0.05, 0.1) is 24.4 Å². The van der Waals surface area contributed by atoms with E-state index in [0.29, 0.717) is 16.9 Å². The van der Waals surface area contributed by atoms with Crippen molar-refractivity contribution in [1.29, 1.82) is 0 Å². The number of carbonyl (C=O) groups excluding carboxylic acids is 4. The van der Waals surface area contributed by atoms with Crippen molar-refractivity contribution in [3.8, 4) is 11.5 Å². The van der Waals surface area contributed by atoms with Crippen molar-refractivity contribution in [1.82, 2.24) is 9.80 Å². The Balaban J connectivity index is 1.75. The lowest BCUT2D eigenvalue weighted by molar-refractivity contribution is -0.141. The SMILES string of the molecule is CCN1C(=O)C2CC=C3C(CC4(Cl)C(=O)N(CBr)C(=O)C4(Cl)C3c3ccc(OC)cc3O)C2C1=O. The molecule has 4 aliphatic rings. The van der Waals surface area contributed by atoms with Crippen LogP contribution in [0.4, 0.5) is 0 Å². The smallest absolute Gasteiger partial charge is 0.254 e. The number of hydrogen-bond donors (Lipinski definition) is 1. The number of fused-ring (bicyclic) bond motifs is 4. The third kappa shape index (κ3) is 2.98. The molecule has 4 amide bonds. The van der Waals surface area contributed by atoms with E-state index < -0.39 is 45.2 Å². The van der Waals surface area contributed by atoms with Crippen LogP contribution in [-0.2, 0) is 19.2 Å². The van der Waals surface area contributed by atoms with Crippen LogP contribution in [0.2, 0.25) is 0 Å². The highest BCUT2D eigenvalue weighted by Crippen LogP contribution is 2.66. The number of imide groups is 2. The van der Waals surface area contributed by atoms with Gasteiger partial charge in [0.15, 0.2) is 9.75 Å². The molecule has 6 atom stereocenters. The molecular formula is C24H23BrCl2N2O6. The second kappa shape index (κ2) is 8.21. The first-order valence-electron chi connectivity index (χ1n) is 11.3. The number of phenolic OH excluding ortho intramolecular Hbond substituents is 1. The van der Waals surface area contributed by atoms with E-state index in [1.807, 2.05) is 6.08 Å². The zero-order chi connectivity index (χ0) is 25.4. The van der Waals surface area contributed by atoms with Crippen LogP contribution >= 0.6 is 39.1 Å². The number of benzene rings is 1. The van der Waals surface area contributed by atoms with Crippen LogP contribution in [0.3, 0.4) is 0 Å². The summed E-state index contributed by atoms with van der Waals surface area (Å²) < 4.78 is 5.20. The molecule has 6 unspecified atom stereocenters. The van der Waals surface area contributed by atoms with Crippen LogP contribution in [0, 0.1) is 17.8 Å². The predicted molar refractivity (Wildman–Crippen MR) is 130 cm³/mol. The van der Waals surface area contributed by atoms with E-state index in [4.69, 9.17) is 27.9 Å². The number of carbonyl (C=O) groups is 4. The quantitative estimate of drug-likeness (QED) is 0.252. The van der Waals surface area contributed by atoms with Crippen molar-refractivity contribution in [2.24, 2.45) is 17.8 Å². The van der Waals surface area contributed by atoms with Crippen LogP contribution in [-0.4, -0.2) is 67.4 Å². The molecule has 186 valence electrons. The highest BCUT2D eigenvalue weighted by atomic mass is 79.9. The number of nitrogens with zero attached hydrogens (tertiary/aromatic N) is 2. The molecule has 1 N–H and O–H groups in total. The third-order valence-corrected chi connectivity index (χ3v) is 9.89. The van der Waals surface area contributed by atoms with Gasteiger partial charge in [-0.25, -0.2) is 0 Å². The summed E-state index contributed by atoms with van der Waals surface area (Å²) in [6.07, 6.45) is 2.04. The first kappa shape index (κ1) is 24.6. The number of likely N-dealkylation sites (tertiary alicyclic amines) is 2. The van der Waals surface area contributed by atoms with Crippen LogP contribution in [0.1, 0.15) is 31.2 Å². The molecule has 0 aromatic heterocycles. The second-order valence-corrected chi connectivity index (χ2v) is 11.1. The van der Waals surface area contributed by atoms with Crippen LogP contribution < -0.4 is 4.74 Å². The molecule has 2 saturated heterocycles. The number of hydrogen-bond acceptors (Lipinski definition) is 6. The molecule has 1 saturated carbocycles. The van der Waals surface area contributed by atoms with E-state index in [2.05, 4.69) is 15.9 Å². The molecule has 35 heavy (non-hydrogen) atoms. The summed E-state index contributed by atoms with van der Waals surface area (Å²) in [4.78, 5) is 51.8. The molecule has 0 spiro atoms. The van der Waals surface area contributed by atoms with E-state index in [1.165, 1.54) is 18.1 Å². The lowest BCUT2D eigenvalue weighted by Crippen LogP contribution is -2.60. The fraction of sp³-hybridized carbons (Fsp3) is 0.500. The summed E-state index contributed by atoms with van der Waals surface area (Å²) in [5.74, 6) is -4.60. The third-order valence-electron chi connectivity index (χ3n) is 7.97. The molecule has 5 rings (SSSR count). The van der Waals surface area contributed by atoms with Gasteiger partial charge in [0, 0.05) is 24.1 Å². The summed E-state index contributed by atoms with van der Waals surface area (Å²) in [5.41, 5.74) is 0.822. The van der Waals surface area contributed by atoms with Crippen molar-refractivity contribution in [2.75, 3.05) is 19.1 Å². The van der Waals surface area contributed by atoms with Gasteiger partial charge >= 0.3 is 0 Å². The summed E-state index contributed by atoms with van der Waals surface area (Å²) in [6.45, 7) is 1.98. The van der Waals surface area contributed by atoms with Gasteiger partial charge in [-0.05, 0) is 31.7 Å². The maximum Gasteiger partial charge on any atom is 0.254 e. The summed E-state index contributed by atoms with van der Waals surface area (Å²) in [5, 5.41) is 11.0. The van der Waals surface area contributed by atoms with Crippen molar-refractivity contribution < 1.29 is 29.0 Å². The number of rotatable bonds is 4. The maximum absolute atomic E-state index is 13.6. The van der Waals surface area contributed by atoms with Crippen molar-refractivity contribution >= 4 is 62.8 Å². The molecule has 0 radical (unpaired) electrons. The first-order valence-corrected chi connectivity index (χ1v) is 13.2. The fourth-order valence-electron chi connectivity index (χ4n) is 6.37. The Bertz CT molecular complexity index is 1210. The van der Waals surface area contributed by atoms with Crippen LogP contribution in [0.15, 0.2) is 29.8 Å². The van der Waals surface area contributed by atoms with E-state index in [9.17, 15) is 24.3 Å². The summed E-state index contributed by atoms with van der Waals surface area (Å²) in [7, 11) is 1.46. The highest BCUT2D eigenvalue weighted by molar-refractivity contribution is 9.09. The molecule has 1 aromatic carbocycles. The fourth-order valence-corrected chi connectivity index (χ4v) is 7.79. The minimum absolute atomic E-state index is 0.0802. The molecular weight excluding hydrogens is 563 g/mol. The average molecular weight is 586 g/mol. The number of halogens is 3. The maximum atomic E-state index is 13.6. The van der Waals surface area contributed by atoms with Crippen LogP contribution in [0.5, 0.6) is 11.5 Å². The largest absolute Gasteiger partial charge is 0.508 e. The zero-order valence-electron chi connectivity index (χ0n) is 19.0. The minimum Gasteiger partial charge on any atom is -0.508 e. The molecule has 2 aliphatic heterocycles. The Morgan fingerprint density at radius 2 is 1.83 bits per heavy atom. The molecule has 2 aliphatic carbocycles. The van der Waals surface area contributed by atoms with E-state index >= 15 is 0 Å². The number of aromatic hydroxyl groups is 1. The van der Waals surface area contributed by atoms with Gasteiger partial charge in [0.2, 0.25) is 11.8 Å². The highest BCUT2D eigenvalue weighted by Gasteiger charge is 2.76. The van der Waals surface area contributed by atoms with E-state index in [0.717, 1.165) is 4.90 Å². The minimum atomic E-state index is -1.95. The van der Waals surface area contributed by atoms with Crippen molar-refractivity contribution in [3.05, 3.63) is 35.4 Å². The molecule has 2 heterocycles. The van der Waals surface area contributed by atoms with Gasteiger partial charge in [0.25, 0.3) is 11.8 Å². The monoisotopic (exact) mass is 584 g/mol. The number of alkyl halides is 3. The molecule has 11 heteroatoms. The van der Waals surface area contributed by atoms with Crippen molar-refractivity contribution in [2.45, 2.75) is 35.4 Å². The van der Waals surface area contributed by atoms with Gasteiger partial charge < -0.3 is 9.84 Å². The van der Waals surface area contributed by atoms with Gasteiger partial charge in [0.1, 0.15) is 11.5 Å². The molecule has 8 nitrogen and oxygen atoms in total. The number of methoxy groups -OCH3 is 1. The average Bonchev–Trinajstić information content (AvgIpc) is 3.17. The number of allylic oxidation sites excluding steroid dienone is 2. The molecule has 3 fully saturated rings. The van der Waals surface area contributed by atoms with Gasteiger partial charge in [-0.2, -0.15) is 0 Å². The van der Waals surface area contributed by atoms with Gasteiger partial charge in [-0.15, -0.1) is 23.2 Å². The van der Waals surface area contributed by atoms with Crippen molar-refractivity contribution in [3.63, 3.8) is 0 Å². The van der Waals surface area contributed by atoms with E-state index in [-0.39, 0.29) is 42.4 Å². The molecule has 0 bridgehead atoms. The lowest BCUT2D eigenvalue weighted by atomic mass is 9.56. The molecule has 1 aromatic rings. The Labute approximate surface area is 220 Å².